The maximum absolute atomic E-state index is 12.7. The number of hydrogen-bond acceptors (Lipinski definition) is 7. The number of nitrogens with zero attached hydrogens (tertiary/aromatic N) is 2. The molecule has 2 aliphatic carbocycles. The largest absolute Gasteiger partial charge is 0.392 e. The van der Waals surface area contributed by atoms with Crippen LogP contribution in [0.1, 0.15) is 55.8 Å². The van der Waals surface area contributed by atoms with E-state index < -0.39 is 6.10 Å². The molecule has 2 heterocycles. The zero-order valence-electron chi connectivity index (χ0n) is 20.7. The van der Waals surface area contributed by atoms with Gasteiger partial charge in [0.05, 0.1) is 18.4 Å². The minimum atomic E-state index is -0.521. The van der Waals surface area contributed by atoms with Crippen LogP contribution in [0.5, 0.6) is 0 Å². The quantitative estimate of drug-likeness (QED) is 0.468. The summed E-state index contributed by atoms with van der Waals surface area (Å²) in [7, 11) is 1.62. The second-order valence-corrected chi connectivity index (χ2v) is 11.3. The number of hydrogen-bond donors (Lipinski definition) is 3. The summed E-state index contributed by atoms with van der Waals surface area (Å²) in [4.78, 5) is 23.4. The van der Waals surface area contributed by atoms with Gasteiger partial charge in [0.25, 0.3) is 0 Å². The van der Waals surface area contributed by atoms with Crippen molar-refractivity contribution in [1.29, 1.82) is 0 Å². The first kappa shape index (κ1) is 25.1. The smallest absolute Gasteiger partial charge is 0.223 e. The van der Waals surface area contributed by atoms with Crippen LogP contribution in [0.25, 0.3) is 0 Å². The first-order valence-corrected chi connectivity index (χ1v) is 13.2. The Labute approximate surface area is 206 Å². The van der Waals surface area contributed by atoms with E-state index in [1.807, 2.05) is 31.3 Å². The Hall–Kier alpha value is -2.03. The molecule has 3 N–H and O–H groups in total. The van der Waals surface area contributed by atoms with Gasteiger partial charge in [-0.25, -0.2) is 4.98 Å². The summed E-state index contributed by atoms with van der Waals surface area (Å²) in [5.41, 5.74) is 2.20. The number of nitrogens with one attached hydrogen (secondary N) is 2. The highest BCUT2D eigenvalue weighted by atomic mass is 32.1. The molecule has 1 amide bonds. The van der Waals surface area contributed by atoms with E-state index in [1.54, 1.807) is 18.4 Å². The number of aliphatic hydroxyl groups excluding tert-OH is 1. The molecule has 0 aliphatic heterocycles. The standard InChI is InChI=1S/C26H38N4O3S/c1-16(24(32)28-13-14-33-4)19-8-10-26(3)15-20-22(17(2)21(26)23(19)31)30-25(34-20)29-12-9-18-7-5-6-11-27-18/h5-7,11,16-17,19,21,23,31H,8-10,12-15H2,1-4H3,(H,28,32)(H,29,30)/t16-,17+,19+,21+,23-,26+/m0/s1. The normalized spacial score (nSPS) is 29.1. The lowest BCUT2D eigenvalue weighted by Gasteiger charge is -2.53. The van der Waals surface area contributed by atoms with Gasteiger partial charge >= 0.3 is 0 Å². The SMILES string of the molecule is COCCNC(=O)[C@@H](C)[C@H]1CC[C@]2(C)Cc3sc(NCCc4ccccn4)nc3[C@H](C)[C@@H]2[C@H]1O. The average molecular weight is 487 g/mol. The van der Waals surface area contributed by atoms with Crippen LogP contribution in [0, 0.1) is 23.2 Å². The van der Waals surface area contributed by atoms with Crippen molar-refractivity contribution in [3.8, 4) is 0 Å². The van der Waals surface area contributed by atoms with Crippen molar-refractivity contribution in [1.82, 2.24) is 15.3 Å². The predicted octanol–water partition coefficient (Wildman–Crippen LogP) is 3.64. The van der Waals surface area contributed by atoms with Crippen LogP contribution in [0.2, 0.25) is 0 Å². The number of anilines is 1. The minimum absolute atomic E-state index is 0.00176. The second-order valence-electron chi connectivity index (χ2n) is 10.2. The molecule has 2 aliphatic rings. The van der Waals surface area contributed by atoms with E-state index in [2.05, 4.69) is 29.5 Å². The average Bonchev–Trinajstić information content (AvgIpc) is 3.22. The molecule has 2 aromatic rings. The van der Waals surface area contributed by atoms with Crippen molar-refractivity contribution in [3.63, 3.8) is 0 Å². The first-order valence-electron chi connectivity index (χ1n) is 12.4. The minimum Gasteiger partial charge on any atom is -0.392 e. The van der Waals surface area contributed by atoms with Gasteiger partial charge in [0, 0.05) is 55.2 Å². The highest BCUT2D eigenvalue weighted by Gasteiger charge is 2.53. The van der Waals surface area contributed by atoms with Gasteiger partial charge in [-0.1, -0.05) is 26.8 Å². The molecule has 1 fully saturated rings. The number of pyridine rings is 1. The van der Waals surface area contributed by atoms with Crippen LogP contribution < -0.4 is 10.6 Å². The summed E-state index contributed by atoms with van der Waals surface area (Å²) < 4.78 is 5.04. The molecule has 0 bridgehead atoms. The predicted molar refractivity (Wildman–Crippen MR) is 135 cm³/mol. The van der Waals surface area contributed by atoms with Crippen LogP contribution >= 0.6 is 11.3 Å². The highest BCUT2D eigenvalue weighted by molar-refractivity contribution is 7.15. The van der Waals surface area contributed by atoms with Crippen LogP contribution in [-0.4, -0.2) is 53.9 Å². The Bertz CT molecular complexity index is 968. The third-order valence-corrected chi connectivity index (χ3v) is 9.00. The lowest BCUT2D eigenvalue weighted by molar-refractivity contribution is -0.135. The second kappa shape index (κ2) is 10.7. The van der Waals surface area contributed by atoms with E-state index in [9.17, 15) is 9.90 Å². The van der Waals surface area contributed by atoms with Gasteiger partial charge < -0.3 is 20.5 Å². The van der Waals surface area contributed by atoms with E-state index in [0.29, 0.717) is 13.2 Å². The van der Waals surface area contributed by atoms with Crippen molar-refractivity contribution >= 4 is 22.4 Å². The Balaban J connectivity index is 1.44. The summed E-state index contributed by atoms with van der Waals surface area (Å²) in [5, 5.41) is 18.9. The van der Waals surface area contributed by atoms with E-state index in [0.717, 1.165) is 48.7 Å². The van der Waals surface area contributed by atoms with Crippen LogP contribution in [0.4, 0.5) is 5.13 Å². The van der Waals surface area contributed by atoms with Crippen LogP contribution in [0.15, 0.2) is 24.4 Å². The number of aliphatic hydroxyl groups is 1. The summed E-state index contributed by atoms with van der Waals surface area (Å²) in [6.07, 6.45) is 4.97. The number of ether oxygens (including phenoxy) is 1. The summed E-state index contributed by atoms with van der Waals surface area (Å²) in [6.45, 7) is 8.25. The number of amides is 1. The molecule has 0 aromatic carbocycles. The Kier molecular flexibility index (Phi) is 7.90. The van der Waals surface area contributed by atoms with E-state index >= 15 is 0 Å². The van der Waals surface area contributed by atoms with E-state index in [-0.39, 0.29) is 35.0 Å². The fourth-order valence-corrected chi connectivity index (χ4v) is 7.39. The van der Waals surface area contributed by atoms with Gasteiger partial charge in [-0.05, 0) is 48.6 Å². The number of carbonyl (C=O) groups excluding carboxylic acids is 1. The number of thiazole rings is 1. The van der Waals surface area contributed by atoms with Gasteiger partial charge in [0.1, 0.15) is 0 Å². The molecular weight excluding hydrogens is 448 g/mol. The molecule has 0 unspecified atom stereocenters. The van der Waals surface area contributed by atoms with E-state index in [4.69, 9.17) is 9.72 Å². The lowest BCUT2D eigenvalue weighted by atomic mass is 9.53. The van der Waals surface area contributed by atoms with E-state index in [1.165, 1.54) is 4.88 Å². The van der Waals surface area contributed by atoms with Crippen LogP contribution in [0.3, 0.4) is 0 Å². The Morgan fingerprint density at radius 2 is 2.21 bits per heavy atom. The fourth-order valence-electron chi connectivity index (χ4n) is 6.10. The van der Waals surface area contributed by atoms with Gasteiger partial charge in [-0.3, -0.25) is 9.78 Å². The molecule has 2 aromatic heterocycles. The molecule has 1 saturated carbocycles. The molecule has 34 heavy (non-hydrogen) atoms. The third-order valence-electron chi connectivity index (χ3n) is 7.97. The van der Waals surface area contributed by atoms with Crippen molar-refractivity contribution < 1.29 is 14.6 Å². The molecule has 0 radical (unpaired) electrons. The molecule has 8 heteroatoms. The number of aromatic nitrogens is 2. The molecular formula is C26H38N4O3S. The Morgan fingerprint density at radius 1 is 1.38 bits per heavy atom. The van der Waals surface area contributed by atoms with Gasteiger partial charge in [-0.15, -0.1) is 11.3 Å². The summed E-state index contributed by atoms with van der Waals surface area (Å²) in [6, 6.07) is 5.98. The summed E-state index contributed by atoms with van der Waals surface area (Å²) >= 11 is 1.75. The van der Waals surface area contributed by atoms with Gasteiger partial charge in [0.2, 0.25) is 5.91 Å². The summed E-state index contributed by atoms with van der Waals surface area (Å²) in [5.74, 6) is -0.0280. The molecule has 7 nitrogen and oxygen atoms in total. The highest BCUT2D eigenvalue weighted by Crippen LogP contribution is 2.57. The molecule has 0 spiro atoms. The monoisotopic (exact) mass is 486 g/mol. The molecule has 0 saturated heterocycles. The zero-order chi connectivity index (χ0) is 24.3. The number of fused-ring (bicyclic) bond motifs is 2. The topological polar surface area (TPSA) is 96.4 Å². The molecule has 6 atom stereocenters. The van der Waals surface area contributed by atoms with Crippen molar-refractivity contribution in [2.45, 2.75) is 58.5 Å². The van der Waals surface area contributed by atoms with Gasteiger partial charge in [-0.2, -0.15) is 0 Å². The number of carbonyl (C=O) groups is 1. The molecule has 186 valence electrons. The van der Waals surface area contributed by atoms with Crippen molar-refractivity contribution in [2.24, 2.45) is 23.2 Å². The number of rotatable bonds is 9. The Morgan fingerprint density at radius 3 is 2.94 bits per heavy atom. The fraction of sp³-hybridized carbons (Fsp3) is 0.654. The van der Waals surface area contributed by atoms with Crippen molar-refractivity contribution in [2.75, 3.05) is 32.1 Å². The number of methoxy groups -OCH3 is 1. The maximum atomic E-state index is 12.7. The zero-order valence-corrected chi connectivity index (χ0v) is 21.5. The van der Waals surface area contributed by atoms with Crippen molar-refractivity contribution in [3.05, 3.63) is 40.7 Å². The first-order chi connectivity index (χ1) is 16.3. The third kappa shape index (κ3) is 5.14. The van der Waals surface area contributed by atoms with Gasteiger partial charge in [0.15, 0.2) is 5.13 Å². The van der Waals surface area contributed by atoms with Crippen LogP contribution in [-0.2, 0) is 22.4 Å². The lowest BCUT2D eigenvalue weighted by Crippen LogP contribution is -2.53. The maximum Gasteiger partial charge on any atom is 0.223 e. The molecule has 4 rings (SSSR count).